The summed E-state index contributed by atoms with van der Waals surface area (Å²) in [4.78, 5) is 13.0. The van der Waals surface area contributed by atoms with E-state index in [1.54, 1.807) is 37.3 Å². The SMILES string of the molecule is Cc1cc(NS(=O)(=O)c2ccc(NC(CC(=O)c3ccccc3)c3ccccc3Cl)cc2)no1. The van der Waals surface area contributed by atoms with Gasteiger partial charge in [-0.1, -0.05) is 65.3 Å². The van der Waals surface area contributed by atoms with Gasteiger partial charge in [0.15, 0.2) is 11.6 Å². The number of anilines is 2. The molecule has 0 saturated carbocycles. The van der Waals surface area contributed by atoms with Crippen LogP contribution in [-0.2, 0) is 10.0 Å². The summed E-state index contributed by atoms with van der Waals surface area (Å²) in [6.45, 7) is 1.67. The molecule has 4 aromatic rings. The second-order valence-electron chi connectivity index (χ2n) is 7.66. The first-order chi connectivity index (χ1) is 16.3. The molecule has 174 valence electrons. The zero-order valence-electron chi connectivity index (χ0n) is 18.2. The highest BCUT2D eigenvalue weighted by Gasteiger charge is 2.21. The van der Waals surface area contributed by atoms with Gasteiger partial charge in [0, 0.05) is 28.8 Å². The fraction of sp³-hybridized carbons (Fsp3) is 0.120. The van der Waals surface area contributed by atoms with Crippen molar-refractivity contribution in [3.63, 3.8) is 0 Å². The number of hydrogen-bond acceptors (Lipinski definition) is 6. The summed E-state index contributed by atoms with van der Waals surface area (Å²) >= 11 is 6.43. The minimum atomic E-state index is -3.83. The molecule has 0 spiro atoms. The number of hydrogen-bond donors (Lipinski definition) is 2. The smallest absolute Gasteiger partial charge is 0.263 e. The third-order valence-corrected chi connectivity index (χ3v) is 6.85. The average Bonchev–Trinajstić information content (AvgIpc) is 3.23. The van der Waals surface area contributed by atoms with Crippen LogP contribution in [0.5, 0.6) is 0 Å². The Morgan fingerprint density at radius 3 is 2.32 bits per heavy atom. The molecule has 3 aromatic carbocycles. The van der Waals surface area contributed by atoms with Gasteiger partial charge < -0.3 is 9.84 Å². The summed E-state index contributed by atoms with van der Waals surface area (Å²) in [5.41, 5.74) is 2.02. The molecule has 0 aliphatic heterocycles. The van der Waals surface area contributed by atoms with E-state index in [0.717, 1.165) is 5.56 Å². The van der Waals surface area contributed by atoms with Crippen molar-refractivity contribution in [2.24, 2.45) is 0 Å². The number of ketones is 1. The molecule has 0 amide bonds. The van der Waals surface area contributed by atoms with Crippen LogP contribution < -0.4 is 10.0 Å². The van der Waals surface area contributed by atoms with Gasteiger partial charge in [0.05, 0.1) is 10.9 Å². The summed E-state index contributed by atoms with van der Waals surface area (Å²) in [7, 11) is -3.83. The highest BCUT2D eigenvalue weighted by molar-refractivity contribution is 7.92. The minimum Gasteiger partial charge on any atom is -0.378 e. The number of aryl methyl sites for hydroxylation is 1. The predicted molar refractivity (Wildman–Crippen MR) is 132 cm³/mol. The van der Waals surface area contributed by atoms with Gasteiger partial charge in [-0.3, -0.25) is 9.52 Å². The number of rotatable bonds is 9. The van der Waals surface area contributed by atoms with Crippen molar-refractivity contribution in [2.75, 3.05) is 10.0 Å². The van der Waals surface area contributed by atoms with Crippen molar-refractivity contribution in [3.8, 4) is 0 Å². The standard InChI is InChI=1S/C25H22ClN3O4S/c1-17-15-25(28-33-17)29-34(31,32)20-13-11-19(12-14-20)27-23(21-9-5-6-10-22(21)26)16-24(30)18-7-3-2-4-8-18/h2-15,23,27H,16H2,1H3,(H,28,29). The Morgan fingerprint density at radius 1 is 1.00 bits per heavy atom. The number of sulfonamides is 1. The van der Waals surface area contributed by atoms with Crippen molar-refractivity contribution in [2.45, 2.75) is 24.3 Å². The summed E-state index contributed by atoms with van der Waals surface area (Å²) in [6.07, 6.45) is 0.168. The summed E-state index contributed by atoms with van der Waals surface area (Å²) < 4.78 is 32.6. The van der Waals surface area contributed by atoms with E-state index in [2.05, 4.69) is 15.2 Å². The van der Waals surface area contributed by atoms with Crippen LogP contribution in [0.1, 0.15) is 34.1 Å². The van der Waals surface area contributed by atoms with Gasteiger partial charge in [-0.05, 0) is 42.8 Å². The Bertz CT molecular complexity index is 1390. The van der Waals surface area contributed by atoms with E-state index in [1.807, 2.05) is 36.4 Å². The number of aromatic nitrogens is 1. The van der Waals surface area contributed by atoms with Crippen LogP contribution in [0.3, 0.4) is 0 Å². The van der Waals surface area contributed by atoms with E-state index < -0.39 is 16.1 Å². The number of benzene rings is 3. The van der Waals surface area contributed by atoms with Crippen LogP contribution in [0.2, 0.25) is 5.02 Å². The van der Waals surface area contributed by atoms with Crippen LogP contribution in [0, 0.1) is 6.92 Å². The molecule has 1 atom stereocenters. The number of Topliss-reactive ketones (excluding diaryl/α,β-unsaturated/α-hetero) is 1. The predicted octanol–water partition coefficient (Wildman–Crippen LogP) is 5.86. The Morgan fingerprint density at radius 2 is 1.68 bits per heavy atom. The van der Waals surface area contributed by atoms with Gasteiger partial charge in [-0.15, -0.1) is 0 Å². The van der Waals surface area contributed by atoms with Gasteiger partial charge in [0.2, 0.25) is 0 Å². The first-order valence-corrected chi connectivity index (χ1v) is 12.3. The zero-order chi connectivity index (χ0) is 24.1. The number of halogens is 1. The van der Waals surface area contributed by atoms with Crippen molar-refractivity contribution in [1.29, 1.82) is 0 Å². The Balaban J connectivity index is 1.55. The van der Waals surface area contributed by atoms with E-state index in [-0.39, 0.29) is 22.9 Å². The molecule has 9 heteroatoms. The molecule has 7 nitrogen and oxygen atoms in total. The fourth-order valence-electron chi connectivity index (χ4n) is 3.47. The van der Waals surface area contributed by atoms with Crippen molar-refractivity contribution in [1.82, 2.24) is 5.16 Å². The van der Waals surface area contributed by atoms with E-state index in [0.29, 0.717) is 22.0 Å². The van der Waals surface area contributed by atoms with E-state index in [1.165, 1.54) is 18.2 Å². The van der Waals surface area contributed by atoms with E-state index in [9.17, 15) is 13.2 Å². The number of carbonyl (C=O) groups is 1. The van der Waals surface area contributed by atoms with Crippen LogP contribution in [0.15, 0.2) is 94.3 Å². The van der Waals surface area contributed by atoms with Gasteiger partial charge in [0.1, 0.15) is 5.76 Å². The maximum Gasteiger partial charge on any atom is 0.263 e. The normalized spacial score (nSPS) is 12.2. The highest BCUT2D eigenvalue weighted by Crippen LogP contribution is 2.30. The molecule has 0 saturated heterocycles. The van der Waals surface area contributed by atoms with Crippen molar-refractivity contribution < 1.29 is 17.7 Å². The number of nitrogens with zero attached hydrogens (tertiary/aromatic N) is 1. The maximum absolute atomic E-state index is 12.9. The lowest BCUT2D eigenvalue weighted by Gasteiger charge is -2.21. The third-order valence-electron chi connectivity index (χ3n) is 5.14. The fourth-order valence-corrected chi connectivity index (χ4v) is 4.72. The molecule has 4 rings (SSSR count). The lowest BCUT2D eigenvalue weighted by Crippen LogP contribution is -2.17. The lowest BCUT2D eigenvalue weighted by atomic mass is 9.97. The lowest BCUT2D eigenvalue weighted by molar-refractivity contribution is 0.0976. The van der Waals surface area contributed by atoms with Crippen LogP contribution in [0.4, 0.5) is 11.5 Å². The van der Waals surface area contributed by atoms with Gasteiger partial charge in [0.25, 0.3) is 10.0 Å². The molecule has 34 heavy (non-hydrogen) atoms. The first kappa shape index (κ1) is 23.5. The van der Waals surface area contributed by atoms with Gasteiger partial charge in [-0.25, -0.2) is 8.42 Å². The number of nitrogens with one attached hydrogen (secondary N) is 2. The summed E-state index contributed by atoms with van der Waals surface area (Å²) in [6, 6.07) is 23.6. The number of carbonyl (C=O) groups excluding carboxylic acids is 1. The Kier molecular flexibility index (Phi) is 7.00. The molecule has 1 heterocycles. The average molecular weight is 496 g/mol. The first-order valence-electron chi connectivity index (χ1n) is 10.5. The quantitative estimate of drug-likeness (QED) is 0.282. The Hall–Kier alpha value is -3.62. The second-order valence-corrected chi connectivity index (χ2v) is 9.75. The molecule has 0 bridgehead atoms. The molecule has 2 N–H and O–H groups in total. The van der Waals surface area contributed by atoms with Crippen molar-refractivity contribution >= 4 is 38.9 Å². The van der Waals surface area contributed by atoms with E-state index >= 15 is 0 Å². The van der Waals surface area contributed by atoms with Crippen LogP contribution in [0.25, 0.3) is 0 Å². The van der Waals surface area contributed by atoms with Gasteiger partial charge in [-0.2, -0.15) is 0 Å². The zero-order valence-corrected chi connectivity index (χ0v) is 19.8. The molecule has 0 fully saturated rings. The molecular weight excluding hydrogens is 474 g/mol. The van der Waals surface area contributed by atoms with Crippen molar-refractivity contribution in [3.05, 3.63) is 107 Å². The second kappa shape index (κ2) is 10.1. The maximum atomic E-state index is 12.9. The topological polar surface area (TPSA) is 101 Å². The molecule has 0 aliphatic carbocycles. The third kappa shape index (κ3) is 5.65. The summed E-state index contributed by atoms with van der Waals surface area (Å²) in [5.74, 6) is 0.565. The monoisotopic (exact) mass is 495 g/mol. The summed E-state index contributed by atoms with van der Waals surface area (Å²) in [5, 5.41) is 7.51. The van der Waals surface area contributed by atoms with Crippen LogP contribution in [-0.4, -0.2) is 19.4 Å². The molecular formula is C25H22ClN3O4S. The van der Waals surface area contributed by atoms with Gasteiger partial charge >= 0.3 is 0 Å². The largest absolute Gasteiger partial charge is 0.378 e. The highest BCUT2D eigenvalue weighted by atomic mass is 35.5. The molecule has 1 aromatic heterocycles. The minimum absolute atomic E-state index is 0.0377. The molecule has 1 unspecified atom stereocenters. The molecule has 0 aliphatic rings. The van der Waals surface area contributed by atoms with Crippen LogP contribution >= 0.6 is 11.6 Å². The molecule has 0 radical (unpaired) electrons. The van der Waals surface area contributed by atoms with E-state index in [4.69, 9.17) is 16.1 Å². The Labute approximate surface area is 202 Å².